The molecule has 2 rings (SSSR count). The van der Waals surface area contributed by atoms with Gasteiger partial charge in [0.1, 0.15) is 0 Å². The van der Waals surface area contributed by atoms with E-state index in [4.69, 9.17) is 0 Å². The van der Waals surface area contributed by atoms with Crippen molar-refractivity contribution in [3.8, 4) is 0 Å². The van der Waals surface area contributed by atoms with Crippen molar-refractivity contribution in [1.29, 1.82) is 0 Å². The van der Waals surface area contributed by atoms with Gasteiger partial charge in [0.05, 0.1) is 0 Å². The van der Waals surface area contributed by atoms with E-state index in [0.717, 1.165) is 6.42 Å². The molecular formula is C11H12. The predicted octanol–water partition coefficient (Wildman–Crippen LogP) is 2.95. The molecule has 0 saturated heterocycles. The van der Waals surface area contributed by atoms with Crippen molar-refractivity contribution in [3.05, 3.63) is 41.5 Å². The fourth-order valence-corrected chi connectivity index (χ4v) is 1.66. The lowest BCUT2D eigenvalue weighted by Gasteiger charge is -1.99. The summed E-state index contributed by atoms with van der Waals surface area (Å²) in [6, 6.07) is 6.64. The lowest BCUT2D eigenvalue weighted by atomic mass is 10.1. The number of benzene rings is 1. The molecule has 0 aromatic heterocycles. The second-order valence-corrected chi connectivity index (χ2v) is 3.26. The molecule has 0 amide bonds. The molecule has 0 bridgehead atoms. The Morgan fingerprint density at radius 1 is 1.27 bits per heavy atom. The average molecular weight is 144 g/mol. The van der Waals surface area contributed by atoms with Crippen LogP contribution in [0.2, 0.25) is 0 Å². The number of allylic oxidation sites excluding steroid dienone is 1. The van der Waals surface area contributed by atoms with Gasteiger partial charge in [-0.25, -0.2) is 0 Å². The number of rotatable bonds is 0. The van der Waals surface area contributed by atoms with Gasteiger partial charge in [0, 0.05) is 0 Å². The van der Waals surface area contributed by atoms with Crippen LogP contribution in [0.15, 0.2) is 24.8 Å². The van der Waals surface area contributed by atoms with Crippen LogP contribution < -0.4 is 0 Å². The van der Waals surface area contributed by atoms with Gasteiger partial charge in [0.2, 0.25) is 0 Å². The molecular weight excluding hydrogens is 132 g/mol. The van der Waals surface area contributed by atoms with Crippen LogP contribution in [0.3, 0.4) is 0 Å². The quantitative estimate of drug-likeness (QED) is 0.525. The van der Waals surface area contributed by atoms with E-state index in [1.165, 1.54) is 28.7 Å². The first-order chi connectivity index (χ1) is 5.27. The largest absolute Gasteiger partial charge is 0.0952 e. The van der Waals surface area contributed by atoms with Crippen molar-refractivity contribution in [2.45, 2.75) is 19.8 Å². The minimum Gasteiger partial charge on any atom is -0.0952 e. The Morgan fingerprint density at radius 3 is 2.91 bits per heavy atom. The van der Waals surface area contributed by atoms with Crippen molar-refractivity contribution in [3.63, 3.8) is 0 Å². The molecule has 1 aromatic carbocycles. The van der Waals surface area contributed by atoms with Gasteiger partial charge in [-0.2, -0.15) is 0 Å². The monoisotopic (exact) mass is 144 g/mol. The van der Waals surface area contributed by atoms with Gasteiger partial charge in [-0.3, -0.25) is 0 Å². The molecule has 1 aliphatic rings. The van der Waals surface area contributed by atoms with Crippen molar-refractivity contribution >= 4 is 5.57 Å². The first-order valence-electron chi connectivity index (χ1n) is 4.05. The molecule has 0 nitrogen and oxygen atoms in total. The van der Waals surface area contributed by atoms with Crippen LogP contribution in [0.25, 0.3) is 5.57 Å². The molecule has 0 radical (unpaired) electrons. The molecule has 0 heteroatoms. The highest BCUT2D eigenvalue weighted by atomic mass is 14.2. The summed E-state index contributed by atoms with van der Waals surface area (Å²) in [5.41, 5.74) is 5.51. The second kappa shape index (κ2) is 2.23. The number of aryl methyl sites for hydroxylation is 2. The van der Waals surface area contributed by atoms with E-state index in [1.807, 2.05) is 0 Å². The minimum absolute atomic E-state index is 1.15. The molecule has 0 heterocycles. The standard InChI is InChI=1S/C11H12/c1-8-3-5-10-6-4-9(2)11(10)7-8/h3,5,7H,2,4,6H2,1H3. The zero-order valence-electron chi connectivity index (χ0n) is 6.85. The smallest absolute Gasteiger partial charge is 0.0195 e. The molecule has 0 fully saturated rings. The summed E-state index contributed by atoms with van der Waals surface area (Å²) >= 11 is 0. The first-order valence-corrected chi connectivity index (χ1v) is 4.05. The first kappa shape index (κ1) is 6.66. The van der Waals surface area contributed by atoms with Gasteiger partial charge >= 0.3 is 0 Å². The Morgan fingerprint density at radius 2 is 2.09 bits per heavy atom. The minimum atomic E-state index is 1.15. The molecule has 0 spiro atoms. The zero-order valence-corrected chi connectivity index (χ0v) is 6.85. The van der Waals surface area contributed by atoms with Crippen molar-refractivity contribution in [2.24, 2.45) is 0 Å². The van der Waals surface area contributed by atoms with Crippen molar-refractivity contribution in [2.75, 3.05) is 0 Å². The van der Waals surface area contributed by atoms with Gasteiger partial charge in [-0.05, 0) is 36.5 Å². The summed E-state index contributed by atoms with van der Waals surface area (Å²) in [5, 5.41) is 0. The normalized spacial score (nSPS) is 15.2. The highest BCUT2D eigenvalue weighted by Gasteiger charge is 2.13. The van der Waals surface area contributed by atoms with E-state index in [2.05, 4.69) is 31.7 Å². The Labute approximate surface area is 67.6 Å². The Kier molecular flexibility index (Phi) is 1.35. The molecule has 11 heavy (non-hydrogen) atoms. The van der Waals surface area contributed by atoms with Crippen LogP contribution in [0.1, 0.15) is 23.1 Å². The average Bonchev–Trinajstić information content (AvgIpc) is 2.33. The second-order valence-electron chi connectivity index (χ2n) is 3.26. The Hall–Kier alpha value is -1.04. The van der Waals surface area contributed by atoms with Gasteiger partial charge in [0.25, 0.3) is 0 Å². The van der Waals surface area contributed by atoms with Gasteiger partial charge in [-0.15, -0.1) is 0 Å². The third-order valence-electron chi connectivity index (χ3n) is 2.34. The van der Waals surface area contributed by atoms with E-state index < -0.39 is 0 Å². The van der Waals surface area contributed by atoms with Gasteiger partial charge in [0.15, 0.2) is 0 Å². The van der Waals surface area contributed by atoms with Crippen LogP contribution in [0, 0.1) is 6.92 Å². The fourth-order valence-electron chi connectivity index (χ4n) is 1.66. The highest BCUT2D eigenvalue weighted by molar-refractivity contribution is 5.71. The molecule has 56 valence electrons. The van der Waals surface area contributed by atoms with E-state index >= 15 is 0 Å². The van der Waals surface area contributed by atoms with E-state index in [-0.39, 0.29) is 0 Å². The highest BCUT2D eigenvalue weighted by Crippen LogP contribution is 2.30. The SMILES string of the molecule is C=C1CCc2ccc(C)cc21. The van der Waals surface area contributed by atoms with E-state index in [0.29, 0.717) is 0 Å². The van der Waals surface area contributed by atoms with Crippen LogP contribution in [-0.4, -0.2) is 0 Å². The summed E-state index contributed by atoms with van der Waals surface area (Å²) in [6.07, 6.45) is 2.34. The zero-order chi connectivity index (χ0) is 7.84. The number of hydrogen-bond acceptors (Lipinski definition) is 0. The van der Waals surface area contributed by atoms with Crippen molar-refractivity contribution in [1.82, 2.24) is 0 Å². The number of hydrogen-bond donors (Lipinski definition) is 0. The molecule has 0 atom stereocenters. The Balaban J connectivity index is 2.60. The van der Waals surface area contributed by atoms with E-state index in [9.17, 15) is 0 Å². The fraction of sp³-hybridized carbons (Fsp3) is 0.273. The third-order valence-corrected chi connectivity index (χ3v) is 2.34. The molecule has 1 aromatic rings. The van der Waals surface area contributed by atoms with Gasteiger partial charge in [-0.1, -0.05) is 30.3 Å². The van der Waals surface area contributed by atoms with E-state index in [1.54, 1.807) is 0 Å². The molecule has 0 aliphatic heterocycles. The number of fused-ring (bicyclic) bond motifs is 1. The molecule has 1 aliphatic carbocycles. The lowest BCUT2D eigenvalue weighted by Crippen LogP contribution is -1.81. The summed E-state index contributed by atoms with van der Waals surface area (Å²) in [4.78, 5) is 0. The maximum atomic E-state index is 4.04. The van der Waals surface area contributed by atoms with Crippen molar-refractivity contribution < 1.29 is 0 Å². The Bertz CT molecular complexity index is 308. The predicted molar refractivity (Wildman–Crippen MR) is 48.5 cm³/mol. The summed E-state index contributed by atoms with van der Waals surface area (Å²) < 4.78 is 0. The summed E-state index contributed by atoms with van der Waals surface area (Å²) in [6.45, 7) is 6.17. The van der Waals surface area contributed by atoms with Gasteiger partial charge < -0.3 is 0 Å². The molecule has 0 unspecified atom stereocenters. The topological polar surface area (TPSA) is 0 Å². The summed E-state index contributed by atoms with van der Waals surface area (Å²) in [5.74, 6) is 0. The summed E-state index contributed by atoms with van der Waals surface area (Å²) in [7, 11) is 0. The van der Waals surface area contributed by atoms with Crippen LogP contribution in [0.4, 0.5) is 0 Å². The lowest BCUT2D eigenvalue weighted by molar-refractivity contribution is 1.08. The third kappa shape index (κ3) is 0.988. The van der Waals surface area contributed by atoms with Crippen LogP contribution in [-0.2, 0) is 6.42 Å². The molecule has 0 N–H and O–H groups in total. The maximum absolute atomic E-state index is 4.04. The maximum Gasteiger partial charge on any atom is -0.0195 e. The molecule has 0 saturated carbocycles. The van der Waals surface area contributed by atoms with Crippen LogP contribution in [0.5, 0.6) is 0 Å². The van der Waals surface area contributed by atoms with Crippen LogP contribution >= 0.6 is 0 Å².